The number of hydrogen-bond acceptors (Lipinski definition) is 4. The van der Waals surface area contributed by atoms with Gasteiger partial charge in [-0.25, -0.2) is 9.48 Å². The molecule has 6 heteroatoms. The first-order valence-corrected chi connectivity index (χ1v) is 12.0. The van der Waals surface area contributed by atoms with Gasteiger partial charge >= 0.3 is 5.97 Å². The van der Waals surface area contributed by atoms with Gasteiger partial charge in [-0.05, 0) is 61.1 Å². The normalized spacial score (nSPS) is 12.8. The van der Waals surface area contributed by atoms with Gasteiger partial charge < -0.3 is 5.11 Å². The van der Waals surface area contributed by atoms with E-state index in [2.05, 4.69) is 44.1 Å². The summed E-state index contributed by atoms with van der Waals surface area (Å²) >= 11 is 4.77. The smallest absolute Gasteiger partial charge is 0.328 e. The lowest BCUT2D eigenvalue weighted by Gasteiger charge is -2.19. The number of carboxylic acids is 1. The van der Waals surface area contributed by atoms with Crippen LogP contribution >= 0.6 is 12.6 Å². The summed E-state index contributed by atoms with van der Waals surface area (Å²) in [7, 11) is 0. The van der Waals surface area contributed by atoms with E-state index >= 15 is 0 Å². The maximum absolute atomic E-state index is 13.2. The summed E-state index contributed by atoms with van der Waals surface area (Å²) in [5, 5.41) is 15.7. The van der Waals surface area contributed by atoms with Crippen LogP contribution in [0, 0.1) is 13.8 Å². The highest BCUT2D eigenvalue weighted by Crippen LogP contribution is 2.32. The van der Waals surface area contributed by atoms with Crippen LogP contribution in [0.2, 0.25) is 0 Å². The molecule has 0 saturated heterocycles. The number of unbranched alkanes of at least 4 members (excludes halogenated alkanes) is 1. The van der Waals surface area contributed by atoms with Gasteiger partial charge in [0.05, 0.1) is 11.1 Å². The zero-order valence-corrected chi connectivity index (χ0v) is 20.7. The number of carbonyl (C=O) groups is 1. The summed E-state index contributed by atoms with van der Waals surface area (Å²) in [5.74, 6) is -1.04. The molecule has 2 aromatic carbocycles. The Morgan fingerprint density at radius 2 is 1.85 bits per heavy atom. The predicted octanol–water partition coefficient (Wildman–Crippen LogP) is 6.15. The van der Waals surface area contributed by atoms with Crippen molar-refractivity contribution in [2.45, 2.75) is 70.7 Å². The first-order chi connectivity index (χ1) is 15.8. The lowest BCUT2D eigenvalue weighted by molar-refractivity contribution is -0.141. The second kappa shape index (κ2) is 10.8. The van der Waals surface area contributed by atoms with E-state index in [4.69, 9.17) is 12.6 Å². The van der Waals surface area contributed by atoms with Gasteiger partial charge in [-0.2, -0.15) is 5.10 Å². The van der Waals surface area contributed by atoms with Gasteiger partial charge in [0.25, 0.3) is 5.56 Å². The third-order valence-electron chi connectivity index (χ3n) is 5.86. The molecule has 0 aliphatic heterocycles. The van der Waals surface area contributed by atoms with Crippen LogP contribution < -0.4 is 5.56 Å². The lowest BCUT2D eigenvalue weighted by atomic mass is 9.93. The number of aryl methyl sites for hydroxylation is 2. The zero-order chi connectivity index (χ0) is 24.1. The second-order valence-electron chi connectivity index (χ2n) is 8.56. The van der Waals surface area contributed by atoms with Crippen LogP contribution in [-0.2, 0) is 11.2 Å². The van der Waals surface area contributed by atoms with Crippen molar-refractivity contribution >= 4 is 34.9 Å². The molecule has 3 rings (SSSR count). The fourth-order valence-electron chi connectivity index (χ4n) is 4.36. The highest BCUT2D eigenvalue weighted by atomic mass is 32.1. The fourth-order valence-corrected chi connectivity index (χ4v) is 4.89. The number of nitrogens with zero attached hydrogens (tertiary/aromatic N) is 2. The Hall–Kier alpha value is -2.86. The van der Waals surface area contributed by atoms with Gasteiger partial charge in [-0.1, -0.05) is 57.0 Å². The summed E-state index contributed by atoms with van der Waals surface area (Å²) in [6.07, 6.45) is 5.58. The minimum Gasteiger partial charge on any atom is -0.480 e. The third kappa shape index (κ3) is 5.38. The highest BCUT2D eigenvalue weighted by molar-refractivity contribution is 7.80. The van der Waals surface area contributed by atoms with Crippen LogP contribution in [0.1, 0.15) is 68.0 Å². The van der Waals surface area contributed by atoms with Crippen LogP contribution in [0.4, 0.5) is 0 Å². The Morgan fingerprint density at radius 1 is 1.15 bits per heavy atom. The Bertz CT molecular complexity index is 1240. The number of carboxylic acid groups (broad SMARTS) is 1. The number of rotatable bonds is 9. The molecular weight excluding hydrogens is 432 g/mol. The Morgan fingerprint density at radius 3 is 2.45 bits per heavy atom. The first-order valence-electron chi connectivity index (χ1n) is 11.5. The number of fused-ring (bicyclic) bond motifs is 1. The van der Waals surface area contributed by atoms with E-state index in [-0.39, 0.29) is 5.56 Å². The quantitative estimate of drug-likeness (QED) is 0.372. The van der Waals surface area contributed by atoms with Gasteiger partial charge in [0.2, 0.25) is 0 Å². The second-order valence-corrected chi connectivity index (χ2v) is 9.04. The maximum atomic E-state index is 13.2. The maximum Gasteiger partial charge on any atom is 0.328 e. The minimum atomic E-state index is -1.04. The van der Waals surface area contributed by atoms with Crippen LogP contribution in [0.3, 0.4) is 0 Å². The van der Waals surface area contributed by atoms with E-state index in [9.17, 15) is 14.7 Å². The van der Waals surface area contributed by atoms with E-state index in [1.807, 2.05) is 19.1 Å². The SMILES string of the molecule is CCC/C=C(\Cc1nn(C(CCC)C(=O)O)c(=O)c2ccccc12)c1c(C)cc(C)cc1S. The van der Waals surface area contributed by atoms with Crippen molar-refractivity contribution < 1.29 is 9.90 Å². The number of thiol groups is 1. The number of hydrogen-bond donors (Lipinski definition) is 2. The van der Waals surface area contributed by atoms with Crippen LogP contribution in [0.25, 0.3) is 16.3 Å². The molecule has 0 spiro atoms. The highest BCUT2D eigenvalue weighted by Gasteiger charge is 2.24. The summed E-state index contributed by atoms with van der Waals surface area (Å²) in [4.78, 5) is 26.1. The van der Waals surface area contributed by atoms with Crippen molar-refractivity contribution in [3.05, 3.63) is 75.2 Å². The standard InChI is InChI=1S/C27H32N2O3S/c1-5-7-11-19(25-18(4)14-17(3)15-24(25)33)16-22-20-12-8-9-13-21(20)26(30)29(28-22)23(10-6-2)27(31)32/h8-9,11-15,23,33H,5-7,10,16H2,1-4H3,(H,31,32)/b19-11+. The molecule has 0 bridgehead atoms. The molecule has 5 nitrogen and oxygen atoms in total. The molecule has 1 heterocycles. The summed E-state index contributed by atoms with van der Waals surface area (Å²) in [5.41, 5.74) is 4.78. The topological polar surface area (TPSA) is 72.2 Å². The molecule has 0 aliphatic rings. The molecule has 0 saturated carbocycles. The van der Waals surface area contributed by atoms with Crippen molar-refractivity contribution in [2.75, 3.05) is 0 Å². The molecule has 1 N–H and O–H groups in total. The summed E-state index contributed by atoms with van der Waals surface area (Å²) < 4.78 is 1.17. The van der Waals surface area contributed by atoms with E-state index in [0.717, 1.165) is 45.4 Å². The molecule has 0 fully saturated rings. The van der Waals surface area contributed by atoms with Crippen molar-refractivity contribution in [1.29, 1.82) is 0 Å². The molecule has 33 heavy (non-hydrogen) atoms. The van der Waals surface area contributed by atoms with Gasteiger partial charge in [0.15, 0.2) is 6.04 Å². The van der Waals surface area contributed by atoms with E-state index < -0.39 is 12.0 Å². The van der Waals surface area contributed by atoms with E-state index in [1.165, 1.54) is 4.68 Å². The molecule has 1 aromatic heterocycles. The Labute approximate surface area is 200 Å². The number of allylic oxidation sites excluding steroid dienone is 2. The number of aromatic nitrogens is 2. The molecule has 0 radical (unpaired) electrons. The van der Waals surface area contributed by atoms with Gasteiger partial charge in [-0.3, -0.25) is 4.79 Å². The first kappa shape index (κ1) is 24.8. The van der Waals surface area contributed by atoms with Gasteiger partial charge in [0.1, 0.15) is 0 Å². The average Bonchev–Trinajstić information content (AvgIpc) is 2.77. The molecule has 1 unspecified atom stereocenters. The molecule has 0 aliphatic carbocycles. The van der Waals surface area contributed by atoms with Crippen LogP contribution in [-0.4, -0.2) is 20.9 Å². The summed E-state index contributed by atoms with van der Waals surface area (Å²) in [6, 6.07) is 10.5. The monoisotopic (exact) mass is 464 g/mol. The van der Waals surface area contributed by atoms with Gasteiger partial charge in [0, 0.05) is 16.7 Å². The Balaban J connectivity index is 2.24. The van der Waals surface area contributed by atoms with Gasteiger partial charge in [-0.15, -0.1) is 12.6 Å². The third-order valence-corrected chi connectivity index (χ3v) is 6.22. The van der Waals surface area contributed by atoms with Crippen molar-refractivity contribution in [1.82, 2.24) is 9.78 Å². The molecule has 3 aromatic rings. The molecule has 0 amide bonds. The largest absolute Gasteiger partial charge is 0.480 e. The average molecular weight is 465 g/mol. The Kier molecular flexibility index (Phi) is 8.14. The minimum absolute atomic E-state index is 0.344. The van der Waals surface area contributed by atoms with Crippen molar-refractivity contribution in [3.8, 4) is 0 Å². The predicted molar refractivity (Wildman–Crippen MR) is 137 cm³/mol. The number of benzene rings is 2. The fraction of sp³-hybridized carbons (Fsp3) is 0.370. The van der Waals surface area contributed by atoms with Crippen LogP contribution in [0.15, 0.2) is 52.2 Å². The molecule has 1 atom stereocenters. The van der Waals surface area contributed by atoms with E-state index in [1.54, 1.807) is 12.1 Å². The van der Waals surface area contributed by atoms with Crippen molar-refractivity contribution in [2.24, 2.45) is 0 Å². The van der Waals surface area contributed by atoms with E-state index in [0.29, 0.717) is 30.3 Å². The van der Waals surface area contributed by atoms with Crippen molar-refractivity contribution in [3.63, 3.8) is 0 Å². The summed E-state index contributed by atoms with van der Waals surface area (Å²) in [6.45, 7) is 8.17. The van der Waals surface area contributed by atoms with Crippen LogP contribution in [0.5, 0.6) is 0 Å². The molecule has 174 valence electrons. The molecular formula is C27H32N2O3S. The number of aliphatic carboxylic acids is 1. The lowest BCUT2D eigenvalue weighted by Crippen LogP contribution is -2.33. The zero-order valence-electron chi connectivity index (χ0n) is 19.8.